The molecule has 2 rings (SSSR count). The van der Waals surface area contributed by atoms with Crippen LogP contribution in [-0.2, 0) is 10.0 Å². The van der Waals surface area contributed by atoms with E-state index in [1.807, 2.05) is 13.0 Å². The predicted octanol–water partition coefficient (Wildman–Crippen LogP) is 3.14. The van der Waals surface area contributed by atoms with Gasteiger partial charge in [0.15, 0.2) is 0 Å². The zero-order chi connectivity index (χ0) is 15.5. The van der Waals surface area contributed by atoms with Gasteiger partial charge in [-0.3, -0.25) is 0 Å². The first-order chi connectivity index (χ1) is 9.90. The van der Waals surface area contributed by atoms with Crippen LogP contribution in [-0.4, -0.2) is 14.5 Å². The SMILES string of the molecule is CC(C)NS(=O)(=O)c1ccccc1NC(C)c1ccco1. The Bertz CT molecular complexity index is 679. The van der Waals surface area contributed by atoms with E-state index in [4.69, 9.17) is 4.42 Å². The van der Waals surface area contributed by atoms with Gasteiger partial charge < -0.3 is 9.73 Å². The number of anilines is 1. The lowest BCUT2D eigenvalue weighted by Gasteiger charge is -2.17. The van der Waals surface area contributed by atoms with Crippen LogP contribution >= 0.6 is 0 Å². The van der Waals surface area contributed by atoms with Crippen LogP contribution in [0.2, 0.25) is 0 Å². The van der Waals surface area contributed by atoms with Crippen molar-refractivity contribution in [2.24, 2.45) is 0 Å². The van der Waals surface area contributed by atoms with Gasteiger partial charge in [-0.05, 0) is 45.0 Å². The minimum Gasteiger partial charge on any atom is -0.467 e. The van der Waals surface area contributed by atoms with E-state index in [0.717, 1.165) is 5.76 Å². The molecule has 5 nitrogen and oxygen atoms in total. The van der Waals surface area contributed by atoms with Gasteiger partial charge in [0.25, 0.3) is 0 Å². The van der Waals surface area contributed by atoms with E-state index in [1.54, 1.807) is 50.4 Å². The number of benzene rings is 1. The molecule has 0 aliphatic rings. The second kappa shape index (κ2) is 6.32. The Balaban J connectivity index is 2.29. The highest BCUT2D eigenvalue weighted by atomic mass is 32.2. The Labute approximate surface area is 125 Å². The van der Waals surface area contributed by atoms with E-state index >= 15 is 0 Å². The summed E-state index contributed by atoms with van der Waals surface area (Å²) in [7, 11) is -3.55. The van der Waals surface area contributed by atoms with Crippen molar-refractivity contribution in [3.63, 3.8) is 0 Å². The second-order valence-electron chi connectivity index (χ2n) is 5.15. The van der Waals surface area contributed by atoms with Crippen LogP contribution in [0.1, 0.15) is 32.6 Å². The van der Waals surface area contributed by atoms with Gasteiger partial charge in [0.1, 0.15) is 10.7 Å². The molecule has 0 radical (unpaired) electrons. The lowest BCUT2D eigenvalue weighted by atomic mass is 10.2. The summed E-state index contributed by atoms with van der Waals surface area (Å²) in [4.78, 5) is 0.233. The van der Waals surface area contributed by atoms with Crippen LogP contribution < -0.4 is 10.0 Å². The fourth-order valence-corrected chi connectivity index (χ4v) is 3.46. The maximum atomic E-state index is 12.4. The molecule has 21 heavy (non-hydrogen) atoms. The molecule has 114 valence electrons. The van der Waals surface area contributed by atoms with Crippen molar-refractivity contribution < 1.29 is 12.8 Å². The fourth-order valence-electron chi connectivity index (χ4n) is 2.04. The van der Waals surface area contributed by atoms with Crippen LogP contribution in [0.5, 0.6) is 0 Å². The third-order valence-corrected chi connectivity index (χ3v) is 4.63. The van der Waals surface area contributed by atoms with Gasteiger partial charge in [-0.25, -0.2) is 13.1 Å². The van der Waals surface area contributed by atoms with Gasteiger partial charge in [-0.1, -0.05) is 12.1 Å². The Morgan fingerprint density at radius 1 is 1.05 bits per heavy atom. The summed E-state index contributed by atoms with van der Waals surface area (Å²) in [6, 6.07) is 10.2. The molecule has 6 heteroatoms. The van der Waals surface area contributed by atoms with Gasteiger partial charge in [0.2, 0.25) is 10.0 Å². The van der Waals surface area contributed by atoms with Gasteiger partial charge in [-0.15, -0.1) is 0 Å². The van der Waals surface area contributed by atoms with E-state index in [1.165, 1.54) is 0 Å². The van der Waals surface area contributed by atoms with E-state index in [0.29, 0.717) is 5.69 Å². The van der Waals surface area contributed by atoms with Crippen molar-refractivity contribution in [1.82, 2.24) is 4.72 Å². The van der Waals surface area contributed by atoms with E-state index in [2.05, 4.69) is 10.0 Å². The molecule has 0 aliphatic carbocycles. The maximum absolute atomic E-state index is 12.4. The van der Waals surface area contributed by atoms with Crippen LogP contribution in [0.4, 0.5) is 5.69 Å². The fraction of sp³-hybridized carbons (Fsp3) is 0.333. The second-order valence-corrected chi connectivity index (χ2v) is 6.84. The first-order valence-electron chi connectivity index (χ1n) is 6.81. The number of sulfonamides is 1. The number of para-hydroxylation sites is 1. The molecule has 0 saturated heterocycles. The molecular weight excluding hydrogens is 288 g/mol. The number of nitrogens with one attached hydrogen (secondary N) is 2. The standard InChI is InChI=1S/C15H20N2O3S/c1-11(2)17-21(18,19)15-9-5-4-7-13(15)16-12(3)14-8-6-10-20-14/h4-12,16-17H,1-3H3. The van der Waals surface area contributed by atoms with Crippen LogP contribution in [0.25, 0.3) is 0 Å². The Morgan fingerprint density at radius 3 is 2.38 bits per heavy atom. The molecule has 0 spiro atoms. The van der Waals surface area contributed by atoms with Crippen LogP contribution in [0, 0.1) is 0 Å². The molecule has 0 saturated carbocycles. The van der Waals surface area contributed by atoms with Gasteiger partial charge in [0, 0.05) is 6.04 Å². The molecule has 0 fully saturated rings. The van der Waals surface area contributed by atoms with Gasteiger partial charge >= 0.3 is 0 Å². The first-order valence-corrected chi connectivity index (χ1v) is 8.30. The smallest absolute Gasteiger partial charge is 0.242 e. The molecule has 1 atom stereocenters. The minimum atomic E-state index is -3.55. The van der Waals surface area contributed by atoms with Crippen molar-refractivity contribution in [2.45, 2.75) is 37.8 Å². The van der Waals surface area contributed by atoms with E-state index < -0.39 is 10.0 Å². The highest BCUT2D eigenvalue weighted by Gasteiger charge is 2.20. The normalized spacial score (nSPS) is 13.3. The Kier molecular flexibility index (Phi) is 4.69. The molecule has 2 aromatic rings. The lowest BCUT2D eigenvalue weighted by molar-refractivity contribution is 0.490. The third-order valence-electron chi connectivity index (χ3n) is 2.91. The summed E-state index contributed by atoms with van der Waals surface area (Å²) in [6.07, 6.45) is 1.59. The topological polar surface area (TPSA) is 71.3 Å². The average molecular weight is 308 g/mol. The molecule has 2 N–H and O–H groups in total. The summed E-state index contributed by atoms with van der Waals surface area (Å²) in [5.41, 5.74) is 0.551. The molecule has 1 unspecified atom stereocenters. The summed E-state index contributed by atoms with van der Waals surface area (Å²) in [5, 5.41) is 3.18. The first kappa shape index (κ1) is 15.6. The molecule has 1 aromatic heterocycles. The van der Waals surface area contributed by atoms with E-state index in [-0.39, 0.29) is 17.0 Å². The van der Waals surface area contributed by atoms with Crippen molar-refractivity contribution in [1.29, 1.82) is 0 Å². The summed E-state index contributed by atoms with van der Waals surface area (Å²) in [5.74, 6) is 0.749. The summed E-state index contributed by atoms with van der Waals surface area (Å²) >= 11 is 0. The number of hydrogen-bond acceptors (Lipinski definition) is 4. The zero-order valence-corrected chi connectivity index (χ0v) is 13.1. The predicted molar refractivity (Wildman–Crippen MR) is 82.6 cm³/mol. The van der Waals surface area contributed by atoms with Crippen molar-refractivity contribution in [3.8, 4) is 0 Å². The molecular formula is C15H20N2O3S. The third kappa shape index (κ3) is 3.86. The Hall–Kier alpha value is -1.79. The van der Waals surface area contributed by atoms with Gasteiger partial charge in [0.05, 0.1) is 18.0 Å². The quantitative estimate of drug-likeness (QED) is 0.860. The van der Waals surface area contributed by atoms with Crippen molar-refractivity contribution in [2.75, 3.05) is 5.32 Å². The van der Waals surface area contributed by atoms with E-state index in [9.17, 15) is 8.42 Å². The van der Waals surface area contributed by atoms with Crippen molar-refractivity contribution >= 4 is 15.7 Å². The molecule has 0 aliphatic heterocycles. The maximum Gasteiger partial charge on any atom is 0.242 e. The number of hydrogen-bond donors (Lipinski definition) is 2. The molecule has 0 bridgehead atoms. The van der Waals surface area contributed by atoms with Crippen molar-refractivity contribution in [3.05, 3.63) is 48.4 Å². The highest BCUT2D eigenvalue weighted by molar-refractivity contribution is 7.89. The summed E-state index contributed by atoms with van der Waals surface area (Å²) in [6.45, 7) is 5.50. The number of rotatable bonds is 6. The monoisotopic (exact) mass is 308 g/mol. The molecule has 0 amide bonds. The Morgan fingerprint density at radius 2 is 1.76 bits per heavy atom. The summed E-state index contributed by atoms with van der Waals surface area (Å²) < 4.78 is 32.6. The zero-order valence-electron chi connectivity index (χ0n) is 12.3. The van der Waals surface area contributed by atoms with Gasteiger partial charge in [-0.2, -0.15) is 0 Å². The lowest BCUT2D eigenvalue weighted by Crippen LogP contribution is -2.30. The van der Waals surface area contributed by atoms with Crippen LogP contribution in [0.15, 0.2) is 52.0 Å². The molecule has 1 aromatic carbocycles. The largest absolute Gasteiger partial charge is 0.467 e. The van der Waals surface area contributed by atoms with Crippen LogP contribution in [0.3, 0.4) is 0 Å². The average Bonchev–Trinajstić information content (AvgIpc) is 2.91. The molecule has 1 heterocycles. The highest BCUT2D eigenvalue weighted by Crippen LogP contribution is 2.25. The number of furan rings is 1. The minimum absolute atomic E-state index is 0.129.